The Kier molecular flexibility index (Phi) is 4.71. The number of methoxy groups -OCH3 is 1. The molecule has 172 valence electrons. The van der Waals surface area contributed by atoms with E-state index in [1.54, 1.807) is 43.0 Å². The largest absolute Gasteiger partial charge is 0.481 e. The molecule has 0 aliphatic carbocycles. The van der Waals surface area contributed by atoms with Crippen molar-refractivity contribution in [3.63, 3.8) is 0 Å². The average molecular weight is 464 g/mol. The van der Waals surface area contributed by atoms with Crippen LogP contribution >= 0.6 is 0 Å². The molecule has 0 spiro atoms. The molecular formula is C22H18F2N8O2. The van der Waals surface area contributed by atoms with Crippen LogP contribution < -0.4 is 9.64 Å². The summed E-state index contributed by atoms with van der Waals surface area (Å²) in [5.74, 6) is 0.771. The fourth-order valence-electron chi connectivity index (χ4n) is 4.23. The number of ether oxygens (including phenoxy) is 1. The molecule has 5 aromatic rings. The standard InChI is InChI=1S/C22H18F2N8O2/c1-33-17-5-4-12(10-25-17)21-28-29-22(34-21)31-8-6-14-18(27-11-26-14)19(31)15-9-16-13(20(23)24)3-2-7-32(16)30-15/h2-5,7,9-11,19-20H,6,8H2,1H3,(H,26,27)/t19-/m1/s1. The van der Waals surface area contributed by atoms with Crippen molar-refractivity contribution in [2.45, 2.75) is 18.9 Å². The van der Waals surface area contributed by atoms with E-state index in [0.29, 0.717) is 41.5 Å². The van der Waals surface area contributed by atoms with Crippen LogP contribution in [0.3, 0.4) is 0 Å². The van der Waals surface area contributed by atoms with Gasteiger partial charge in [0.2, 0.25) is 5.88 Å². The van der Waals surface area contributed by atoms with Gasteiger partial charge in [-0.05, 0) is 24.3 Å². The van der Waals surface area contributed by atoms with E-state index in [9.17, 15) is 8.78 Å². The Balaban J connectivity index is 1.42. The molecule has 1 aliphatic rings. The van der Waals surface area contributed by atoms with Crippen molar-refractivity contribution in [1.29, 1.82) is 0 Å². The lowest BCUT2D eigenvalue weighted by molar-refractivity contribution is 0.152. The lowest BCUT2D eigenvalue weighted by Gasteiger charge is -2.32. The fraction of sp³-hybridized carbons (Fsp3) is 0.227. The molecule has 0 aromatic carbocycles. The summed E-state index contributed by atoms with van der Waals surface area (Å²) < 4.78 is 39.7. The maximum absolute atomic E-state index is 13.6. The molecule has 5 aromatic heterocycles. The number of nitrogens with zero attached hydrogens (tertiary/aromatic N) is 7. The van der Waals surface area contributed by atoms with Crippen LogP contribution in [0.25, 0.3) is 17.0 Å². The third-order valence-electron chi connectivity index (χ3n) is 5.85. The Morgan fingerprint density at radius 2 is 2.12 bits per heavy atom. The van der Waals surface area contributed by atoms with E-state index in [2.05, 4.69) is 30.2 Å². The van der Waals surface area contributed by atoms with Crippen molar-refractivity contribution in [2.75, 3.05) is 18.6 Å². The van der Waals surface area contributed by atoms with Gasteiger partial charge in [-0.1, -0.05) is 5.10 Å². The highest BCUT2D eigenvalue weighted by Crippen LogP contribution is 2.37. The highest BCUT2D eigenvalue weighted by Gasteiger charge is 2.36. The topological polar surface area (TPSA) is 110 Å². The van der Waals surface area contributed by atoms with Gasteiger partial charge in [-0.15, -0.1) is 5.10 Å². The smallest absolute Gasteiger partial charge is 0.319 e. The number of pyridine rings is 2. The minimum Gasteiger partial charge on any atom is -0.481 e. The highest BCUT2D eigenvalue weighted by molar-refractivity contribution is 5.58. The predicted octanol–water partition coefficient (Wildman–Crippen LogP) is 3.60. The fourth-order valence-corrected chi connectivity index (χ4v) is 4.23. The molecule has 1 N–H and O–H groups in total. The van der Waals surface area contributed by atoms with Gasteiger partial charge in [0.05, 0.1) is 35.9 Å². The van der Waals surface area contributed by atoms with Gasteiger partial charge in [0.1, 0.15) is 6.04 Å². The molecule has 6 heterocycles. The molecule has 0 saturated carbocycles. The number of halogens is 2. The molecule has 0 unspecified atom stereocenters. The molecule has 10 nitrogen and oxygen atoms in total. The van der Waals surface area contributed by atoms with Crippen molar-refractivity contribution in [2.24, 2.45) is 0 Å². The zero-order valence-corrected chi connectivity index (χ0v) is 17.9. The summed E-state index contributed by atoms with van der Waals surface area (Å²) in [7, 11) is 1.54. The van der Waals surface area contributed by atoms with E-state index in [4.69, 9.17) is 9.15 Å². The second kappa shape index (κ2) is 7.90. The lowest BCUT2D eigenvalue weighted by atomic mass is 10.00. The van der Waals surface area contributed by atoms with E-state index < -0.39 is 12.5 Å². The first-order chi connectivity index (χ1) is 16.6. The third kappa shape index (κ3) is 3.26. The third-order valence-corrected chi connectivity index (χ3v) is 5.85. The van der Waals surface area contributed by atoms with Gasteiger partial charge in [0.25, 0.3) is 12.3 Å². The van der Waals surface area contributed by atoms with Gasteiger partial charge >= 0.3 is 6.01 Å². The molecule has 0 amide bonds. The summed E-state index contributed by atoms with van der Waals surface area (Å²) in [5.41, 5.74) is 3.13. The Morgan fingerprint density at radius 1 is 1.21 bits per heavy atom. The van der Waals surface area contributed by atoms with Crippen LogP contribution in [0.5, 0.6) is 5.88 Å². The van der Waals surface area contributed by atoms with Crippen molar-refractivity contribution >= 4 is 11.5 Å². The van der Waals surface area contributed by atoms with Crippen LogP contribution in [-0.2, 0) is 6.42 Å². The number of alkyl halides is 2. The van der Waals surface area contributed by atoms with E-state index in [1.807, 2.05) is 4.90 Å². The predicted molar refractivity (Wildman–Crippen MR) is 116 cm³/mol. The van der Waals surface area contributed by atoms with Crippen molar-refractivity contribution in [3.05, 3.63) is 71.7 Å². The first-order valence-electron chi connectivity index (χ1n) is 10.5. The Bertz CT molecular complexity index is 1460. The van der Waals surface area contributed by atoms with Gasteiger partial charge < -0.3 is 19.0 Å². The zero-order valence-electron chi connectivity index (χ0n) is 17.9. The van der Waals surface area contributed by atoms with Crippen LogP contribution in [0.4, 0.5) is 14.8 Å². The summed E-state index contributed by atoms with van der Waals surface area (Å²) in [5, 5.41) is 13.0. The maximum atomic E-state index is 13.6. The number of aromatic amines is 1. The number of H-pyrrole nitrogens is 1. The second-order valence-corrected chi connectivity index (χ2v) is 7.75. The Morgan fingerprint density at radius 3 is 2.91 bits per heavy atom. The number of imidazole rings is 1. The van der Waals surface area contributed by atoms with Gasteiger partial charge in [0, 0.05) is 42.7 Å². The minimum absolute atomic E-state index is 0.0852. The first-order valence-corrected chi connectivity index (χ1v) is 10.5. The van der Waals surface area contributed by atoms with Crippen LogP contribution in [0.2, 0.25) is 0 Å². The lowest BCUT2D eigenvalue weighted by Crippen LogP contribution is -2.36. The van der Waals surface area contributed by atoms with Gasteiger partial charge in [-0.25, -0.2) is 23.3 Å². The van der Waals surface area contributed by atoms with Crippen LogP contribution in [-0.4, -0.2) is 48.4 Å². The van der Waals surface area contributed by atoms with Gasteiger partial charge in [-0.3, -0.25) is 0 Å². The summed E-state index contributed by atoms with van der Waals surface area (Å²) in [4.78, 5) is 13.7. The second-order valence-electron chi connectivity index (χ2n) is 7.75. The number of nitrogens with one attached hydrogen (secondary N) is 1. The summed E-state index contributed by atoms with van der Waals surface area (Å²) in [6, 6.07) is 7.87. The number of fused-ring (bicyclic) bond motifs is 2. The van der Waals surface area contributed by atoms with E-state index >= 15 is 0 Å². The summed E-state index contributed by atoms with van der Waals surface area (Å²) in [6.07, 6.45) is 2.90. The quantitative estimate of drug-likeness (QED) is 0.420. The SMILES string of the molecule is COc1ccc(-c2nnc(N3CCc4[nH]cnc4[C@H]3c3cc4c(C(F)F)cccn4n3)o2)cn1. The van der Waals surface area contributed by atoms with Gasteiger partial charge in [0.15, 0.2) is 0 Å². The molecule has 0 saturated heterocycles. The normalized spacial score (nSPS) is 15.8. The highest BCUT2D eigenvalue weighted by atomic mass is 19.3. The monoisotopic (exact) mass is 464 g/mol. The number of anilines is 1. The van der Waals surface area contributed by atoms with Crippen LogP contribution in [0, 0.1) is 0 Å². The molecule has 1 aliphatic heterocycles. The minimum atomic E-state index is -2.62. The molecular weight excluding hydrogens is 446 g/mol. The number of rotatable bonds is 5. The van der Waals surface area contributed by atoms with Crippen LogP contribution in [0.1, 0.15) is 35.1 Å². The number of hydrogen-bond donors (Lipinski definition) is 1. The molecule has 12 heteroatoms. The van der Waals surface area contributed by atoms with Gasteiger partial charge in [-0.2, -0.15) is 5.10 Å². The Hall–Kier alpha value is -4.35. The number of hydrogen-bond acceptors (Lipinski definition) is 8. The molecule has 0 fully saturated rings. The molecule has 0 bridgehead atoms. The van der Waals surface area contributed by atoms with Crippen LogP contribution in [0.15, 0.2) is 53.5 Å². The summed E-state index contributed by atoms with van der Waals surface area (Å²) >= 11 is 0. The van der Waals surface area contributed by atoms with E-state index in [1.165, 1.54) is 17.7 Å². The maximum Gasteiger partial charge on any atom is 0.319 e. The average Bonchev–Trinajstić information content (AvgIpc) is 3.62. The van der Waals surface area contributed by atoms with Crippen molar-refractivity contribution in [3.8, 4) is 17.3 Å². The van der Waals surface area contributed by atoms with Crippen molar-refractivity contribution < 1.29 is 17.9 Å². The summed E-state index contributed by atoms with van der Waals surface area (Å²) in [6.45, 7) is 0.540. The molecule has 34 heavy (non-hydrogen) atoms. The Labute approximate surface area is 191 Å². The molecule has 1 atom stereocenters. The number of aromatic nitrogens is 7. The van der Waals surface area contributed by atoms with Crippen molar-refractivity contribution in [1.82, 2.24) is 34.8 Å². The van der Waals surface area contributed by atoms with E-state index in [-0.39, 0.29) is 11.6 Å². The molecule has 0 radical (unpaired) electrons. The molecule has 6 rings (SSSR count). The van der Waals surface area contributed by atoms with E-state index in [0.717, 1.165) is 11.4 Å². The zero-order chi connectivity index (χ0) is 23.2. The first kappa shape index (κ1) is 20.3.